The smallest absolute Gasteiger partial charge is 0.340 e. The van der Waals surface area contributed by atoms with Gasteiger partial charge in [0.05, 0.1) is 16.9 Å². The number of carbonyl (C=O) groups is 1. The Hall–Kier alpha value is -2.46. The van der Waals surface area contributed by atoms with E-state index in [1.165, 1.54) is 29.2 Å². The predicted molar refractivity (Wildman–Crippen MR) is 96.9 cm³/mol. The van der Waals surface area contributed by atoms with E-state index in [2.05, 4.69) is 0 Å². The Morgan fingerprint density at radius 3 is 2.24 bits per heavy atom. The molecule has 10 heteroatoms. The van der Waals surface area contributed by atoms with Crippen LogP contribution in [0, 0.1) is 5.82 Å². The van der Waals surface area contributed by atoms with Gasteiger partial charge in [0.1, 0.15) is 5.82 Å². The quantitative estimate of drug-likeness (QED) is 0.701. The first-order valence-electron chi connectivity index (χ1n) is 8.77. The normalized spacial score (nSPS) is 16.1. The van der Waals surface area contributed by atoms with Crippen LogP contribution >= 0.6 is 0 Å². The molecule has 1 fully saturated rings. The molecule has 1 aliphatic rings. The number of halogens is 4. The van der Waals surface area contributed by atoms with Gasteiger partial charge in [0, 0.05) is 26.2 Å². The number of hydrogen-bond acceptors (Lipinski definition) is 3. The van der Waals surface area contributed by atoms with Crippen molar-refractivity contribution in [3.05, 3.63) is 65.5 Å². The number of hydrogen-bond donors (Lipinski definition) is 0. The molecular weight excluding hydrogens is 412 g/mol. The molecule has 0 radical (unpaired) electrons. The fourth-order valence-corrected chi connectivity index (χ4v) is 4.55. The lowest BCUT2D eigenvalue weighted by Crippen LogP contribution is -2.50. The number of piperazine rings is 1. The minimum Gasteiger partial charge on any atom is -0.340 e. The lowest BCUT2D eigenvalue weighted by molar-refractivity contribution is -0.138. The Kier molecular flexibility index (Phi) is 5.95. The van der Waals surface area contributed by atoms with Crippen molar-refractivity contribution < 1.29 is 30.8 Å². The molecule has 29 heavy (non-hydrogen) atoms. The van der Waals surface area contributed by atoms with Crippen LogP contribution in [-0.2, 0) is 27.4 Å². The van der Waals surface area contributed by atoms with Crippen LogP contribution in [0.2, 0.25) is 0 Å². The summed E-state index contributed by atoms with van der Waals surface area (Å²) in [7, 11) is -3.88. The molecule has 1 heterocycles. The van der Waals surface area contributed by atoms with E-state index in [0.29, 0.717) is 0 Å². The molecule has 2 aromatic rings. The van der Waals surface area contributed by atoms with Gasteiger partial charge in [-0.05, 0) is 29.8 Å². The summed E-state index contributed by atoms with van der Waals surface area (Å²) >= 11 is 0. The van der Waals surface area contributed by atoms with Crippen molar-refractivity contribution in [3.63, 3.8) is 0 Å². The van der Waals surface area contributed by atoms with Crippen LogP contribution < -0.4 is 0 Å². The topological polar surface area (TPSA) is 57.7 Å². The van der Waals surface area contributed by atoms with Crippen molar-refractivity contribution in [1.82, 2.24) is 9.21 Å². The summed E-state index contributed by atoms with van der Waals surface area (Å²) in [5.41, 5.74) is -0.589. The number of benzene rings is 2. The SMILES string of the molecule is O=C(Cc1cccc(C(F)(F)F)c1)N1CCN(S(=O)(=O)c2cccc(F)c2)CC1. The summed E-state index contributed by atoms with van der Waals surface area (Å²) in [4.78, 5) is 13.7. The molecule has 0 N–H and O–H groups in total. The van der Waals surface area contributed by atoms with Gasteiger partial charge < -0.3 is 4.90 Å². The molecule has 156 valence electrons. The highest BCUT2D eigenvalue weighted by Crippen LogP contribution is 2.29. The second-order valence-electron chi connectivity index (χ2n) is 6.62. The van der Waals surface area contributed by atoms with Crippen LogP contribution in [0.4, 0.5) is 17.6 Å². The molecule has 1 amide bonds. The Labute approximate surface area is 165 Å². The Morgan fingerprint density at radius 2 is 1.62 bits per heavy atom. The van der Waals surface area contributed by atoms with E-state index in [1.54, 1.807) is 0 Å². The van der Waals surface area contributed by atoms with Crippen molar-refractivity contribution in [2.24, 2.45) is 0 Å². The lowest BCUT2D eigenvalue weighted by atomic mass is 10.1. The molecule has 3 rings (SSSR count). The highest BCUT2D eigenvalue weighted by molar-refractivity contribution is 7.89. The van der Waals surface area contributed by atoms with Crippen LogP contribution in [0.5, 0.6) is 0 Å². The van der Waals surface area contributed by atoms with Gasteiger partial charge in [-0.25, -0.2) is 12.8 Å². The van der Waals surface area contributed by atoms with E-state index < -0.39 is 27.6 Å². The summed E-state index contributed by atoms with van der Waals surface area (Å²) in [5.74, 6) is -1.05. The third kappa shape index (κ3) is 4.94. The third-order valence-electron chi connectivity index (χ3n) is 4.63. The standard InChI is InChI=1S/C19H18F4N2O3S/c20-16-5-2-6-17(13-16)29(27,28)25-9-7-24(8-10-25)18(26)12-14-3-1-4-15(11-14)19(21,22)23/h1-6,11,13H,7-10,12H2. The van der Waals surface area contributed by atoms with E-state index in [1.807, 2.05) is 0 Å². The van der Waals surface area contributed by atoms with Crippen LogP contribution in [0.3, 0.4) is 0 Å². The zero-order chi connectivity index (χ0) is 21.2. The van der Waals surface area contributed by atoms with Crippen LogP contribution in [0.25, 0.3) is 0 Å². The van der Waals surface area contributed by atoms with Crippen LogP contribution in [0.1, 0.15) is 11.1 Å². The Bertz CT molecular complexity index is 1000. The number of alkyl halides is 3. The average molecular weight is 430 g/mol. The fourth-order valence-electron chi connectivity index (χ4n) is 3.10. The minimum atomic E-state index is -4.49. The van der Waals surface area contributed by atoms with E-state index in [0.717, 1.165) is 28.6 Å². The number of rotatable bonds is 4. The van der Waals surface area contributed by atoms with Gasteiger partial charge in [0.25, 0.3) is 0 Å². The molecule has 0 atom stereocenters. The zero-order valence-corrected chi connectivity index (χ0v) is 16.0. The first-order valence-corrected chi connectivity index (χ1v) is 10.2. The fraction of sp³-hybridized carbons (Fsp3) is 0.316. The van der Waals surface area contributed by atoms with E-state index in [9.17, 15) is 30.8 Å². The van der Waals surface area contributed by atoms with Gasteiger partial charge in [-0.1, -0.05) is 24.3 Å². The molecule has 0 spiro atoms. The molecule has 0 saturated carbocycles. The molecule has 0 unspecified atom stereocenters. The molecule has 0 bridgehead atoms. The molecule has 0 aliphatic carbocycles. The van der Waals surface area contributed by atoms with Gasteiger partial charge in [-0.15, -0.1) is 0 Å². The van der Waals surface area contributed by atoms with Crippen molar-refractivity contribution in [3.8, 4) is 0 Å². The second kappa shape index (κ2) is 8.11. The van der Waals surface area contributed by atoms with Gasteiger partial charge in [-0.2, -0.15) is 17.5 Å². The van der Waals surface area contributed by atoms with Crippen molar-refractivity contribution in [1.29, 1.82) is 0 Å². The number of nitrogens with zero attached hydrogens (tertiary/aromatic N) is 2. The summed E-state index contributed by atoms with van der Waals surface area (Å²) < 4.78 is 78.1. The summed E-state index contributed by atoms with van der Waals surface area (Å²) in [6, 6.07) is 9.23. The van der Waals surface area contributed by atoms with Crippen molar-refractivity contribution >= 4 is 15.9 Å². The molecule has 5 nitrogen and oxygen atoms in total. The first kappa shape index (κ1) is 21.3. The van der Waals surface area contributed by atoms with Crippen LogP contribution in [0.15, 0.2) is 53.4 Å². The summed E-state index contributed by atoms with van der Waals surface area (Å²) in [6.07, 6.45) is -4.70. The Morgan fingerprint density at radius 1 is 0.966 bits per heavy atom. The largest absolute Gasteiger partial charge is 0.416 e. The average Bonchev–Trinajstić information content (AvgIpc) is 2.67. The highest BCUT2D eigenvalue weighted by Gasteiger charge is 2.32. The van der Waals surface area contributed by atoms with E-state index in [-0.39, 0.29) is 49.0 Å². The third-order valence-corrected chi connectivity index (χ3v) is 6.53. The van der Waals surface area contributed by atoms with E-state index >= 15 is 0 Å². The van der Waals surface area contributed by atoms with Crippen LogP contribution in [-0.4, -0.2) is 49.7 Å². The van der Waals surface area contributed by atoms with E-state index in [4.69, 9.17) is 0 Å². The first-order chi connectivity index (χ1) is 13.6. The molecular formula is C19H18F4N2O3S. The number of carbonyl (C=O) groups excluding carboxylic acids is 1. The molecule has 1 aliphatic heterocycles. The van der Waals surface area contributed by atoms with Gasteiger partial charge >= 0.3 is 6.18 Å². The summed E-state index contributed by atoms with van der Waals surface area (Å²) in [6.45, 7) is 0.249. The van der Waals surface area contributed by atoms with Gasteiger partial charge in [-0.3, -0.25) is 4.79 Å². The van der Waals surface area contributed by atoms with Crippen molar-refractivity contribution in [2.75, 3.05) is 26.2 Å². The summed E-state index contributed by atoms with van der Waals surface area (Å²) in [5, 5.41) is 0. The Balaban J connectivity index is 1.63. The second-order valence-corrected chi connectivity index (χ2v) is 8.56. The maximum atomic E-state index is 13.3. The highest BCUT2D eigenvalue weighted by atomic mass is 32.2. The number of sulfonamides is 1. The number of amides is 1. The lowest BCUT2D eigenvalue weighted by Gasteiger charge is -2.34. The maximum absolute atomic E-state index is 13.3. The maximum Gasteiger partial charge on any atom is 0.416 e. The minimum absolute atomic E-state index is 0.0210. The molecule has 2 aromatic carbocycles. The molecule has 1 saturated heterocycles. The monoisotopic (exact) mass is 430 g/mol. The predicted octanol–water partition coefficient (Wildman–Crippen LogP) is 2.92. The van der Waals surface area contributed by atoms with Gasteiger partial charge in [0.2, 0.25) is 15.9 Å². The van der Waals surface area contributed by atoms with Gasteiger partial charge in [0.15, 0.2) is 0 Å². The zero-order valence-electron chi connectivity index (χ0n) is 15.2. The van der Waals surface area contributed by atoms with Crippen molar-refractivity contribution in [2.45, 2.75) is 17.5 Å². The molecule has 0 aromatic heterocycles.